The normalized spacial score (nSPS) is 14.5. The van der Waals surface area contributed by atoms with Crippen molar-refractivity contribution in [2.24, 2.45) is 0 Å². The molecular formula is C17H15NO2S. The van der Waals surface area contributed by atoms with Gasteiger partial charge in [0, 0.05) is 34.3 Å². The van der Waals surface area contributed by atoms with Crippen molar-refractivity contribution in [1.82, 2.24) is 5.32 Å². The highest BCUT2D eigenvalue weighted by Gasteiger charge is 2.16. The Bertz CT molecular complexity index is 810. The summed E-state index contributed by atoms with van der Waals surface area (Å²) >= 11 is 1.73. The molecule has 0 amide bonds. The Morgan fingerprint density at radius 1 is 1.19 bits per heavy atom. The third-order valence-electron chi connectivity index (χ3n) is 3.78. The van der Waals surface area contributed by atoms with Crippen molar-refractivity contribution < 1.29 is 9.84 Å². The Morgan fingerprint density at radius 3 is 3.05 bits per heavy atom. The van der Waals surface area contributed by atoms with Gasteiger partial charge in [0.1, 0.15) is 6.61 Å². The first-order valence-corrected chi connectivity index (χ1v) is 7.87. The van der Waals surface area contributed by atoms with E-state index in [1.807, 2.05) is 6.07 Å². The van der Waals surface area contributed by atoms with Crippen LogP contribution in [0.15, 0.2) is 41.8 Å². The number of rotatable bonds is 1. The van der Waals surface area contributed by atoms with Crippen molar-refractivity contribution >= 4 is 21.4 Å². The number of benzene rings is 2. The number of thiophene rings is 1. The minimum Gasteiger partial charge on any atom is -0.504 e. The molecule has 3 nitrogen and oxygen atoms in total. The molecule has 2 aromatic carbocycles. The Balaban J connectivity index is 1.89. The molecule has 0 unspecified atom stereocenters. The number of hydrogen-bond acceptors (Lipinski definition) is 4. The molecule has 0 bridgehead atoms. The minimum absolute atomic E-state index is 0.224. The van der Waals surface area contributed by atoms with Gasteiger partial charge in [0.15, 0.2) is 11.5 Å². The van der Waals surface area contributed by atoms with E-state index in [2.05, 4.69) is 35.0 Å². The summed E-state index contributed by atoms with van der Waals surface area (Å²) in [6.07, 6.45) is 0. The first kappa shape index (κ1) is 12.7. The van der Waals surface area contributed by atoms with Crippen LogP contribution in [0.3, 0.4) is 0 Å². The van der Waals surface area contributed by atoms with Gasteiger partial charge in [-0.05, 0) is 29.1 Å². The fourth-order valence-electron chi connectivity index (χ4n) is 2.78. The molecule has 0 fully saturated rings. The highest BCUT2D eigenvalue weighted by atomic mass is 32.1. The Hall–Kier alpha value is -2.04. The van der Waals surface area contributed by atoms with Crippen molar-refractivity contribution in [3.63, 3.8) is 0 Å². The van der Waals surface area contributed by atoms with Crippen LogP contribution in [0.25, 0.3) is 21.2 Å². The van der Waals surface area contributed by atoms with E-state index >= 15 is 0 Å². The molecule has 106 valence electrons. The maximum Gasteiger partial charge on any atom is 0.165 e. The van der Waals surface area contributed by atoms with Gasteiger partial charge in [-0.25, -0.2) is 0 Å². The Labute approximate surface area is 126 Å². The second-order valence-electron chi connectivity index (χ2n) is 5.15. The molecular weight excluding hydrogens is 282 g/mol. The molecule has 0 atom stereocenters. The van der Waals surface area contributed by atoms with E-state index in [-0.39, 0.29) is 5.75 Å². The SMILES string of the molecule is Oc1cc(-c2csc3ccccc23)cc2c1OCCNC2. The quantitative estimate of drug-likeness (QED) is 0.718. The number of hydrogen-bond donors (Lipinski definition) is 2. The zero-order valence-corrected chi connectivity index (χ0v) is 12.2. The van der Waals surface area contributed by atoms with Gasteiger partial charge < -0.3 is 15.2 Å². The lowest BCUT2D eigenvalue weighted by molar-refractivity contribution is 0.307. The van der Waals surface area contributed by atoms with Crippen molar-refractivity contribution in [1.29, 1.82) is 0 Å². The topological polar surface area (TPSA) is 41.5 Å². The maximum atomic E-state index is 10.3. The summed E-state index contributed by atoms with van der Waals surface area (Å²) in [5.74, 6) is 0.838. The van der Waals surface area contributed by atoms with Gasteiger partial charge in [0.2, 0.25) is 0 Å². The molecule has 0 aliphatic carbocycles. The number of fused-ring (bicyclic) bond motifs is 2. The monoisotopic (exact) mass is 297 g/mol. The van der Waals surface area contributed by atoms with Crippen LogP contribution >= 0.6 is 11.3 Å². The van der Waals surface area contributed by atoms with E-state index in [9.17, 15) is 5.11 Å². The molecule has 0 radical (unpaired) electrons. The summed E-state index contributed by atoms with van der Waals surface area (Å²) in [4.78, 5) is 0. The second kappa shape index (κ2) is 5.06. The average Bonchev–Trinajstić information content (AvgIpc) is 2.78. The van der Waals surface area contributed by atoms with Crippen molar-refractivity contribution in [2.75, 3.05) is 13.2 Å². The van der Waals surface area contributed by atoms with E-state index in [4.69, 9.17) is 4.74 Å². The predicted octanol–water partition coefficient (Wildman–Crippen LogP) is 3.76. The molecule has 0 spiro atoms. The van der Waals surface area contributed by atoms with Crippen molar-refractivity contribution in [2.45, 2.75) is 6.54 Å². The van der Waals surface area contributed by atoms with Gasteiger partial charge in [0.25, 0.3) is 0 Å². The van der Waals surface area contributed by atoms with Crippen LogP contribution < -0.4 is 10.1 Å². The fraction of sp³-hybridized carbons (Fsp3) is 0.176. The van der Waals surface area contributed by atoms with Crippen LogP contribution in [-0.4, -0.2) is 18.3 Å². The van der Waals surface area contributed by atoms with Crippen LogP contribution in [0.1, 0.15) is 5.56 Å². The van der Waals surface area contributed by atoms with Gasteiger partial charge in [-0.15, -0.1) is 11.3 Å². The van der Waals surface area contributed by atoms with Crippen LogP contribution in [0.4, 0.5) is 0 Å². The summed E-state index contributed by atoms with van der Waals surface area (Å²) in [5, 5.41) is 17.0. The molecule has 0 saturated carbocycles. The van der Waals surface area contributed by atoms with E-state index in [0.29, 0.717) is 12.4 Å². The molecule has 2 N–H and O–H groups in total. The molecule has 4 rings (SSSR count). The summed E-state index contributed by atoms with van der Waals surface area (Å²) in [6, 6.07) is 12.3. The zero-order valence-electron chi connectivity index (χ0n) is 11.4. The van der Waals surface area contributed by atoms with Crippen LogP contribution in [0.5, 0.6) is 11.5 Å². The third kappa shape index (κ3) is 2.17. The molecule has 3 aromatic rings. The van der Waals surface area contributed by atoms with Crippen LogP contribution in [-0.2, 0) is 6.54 Å². The summed E-state index contributed by atoms with van der Waals surface area (Å²) < 4.78 is 6.89. The number of aromatic hydroxyl groups is 1. The number of phenolic OH excluding ortho intramolecular Hbond substituents is 1. The molecule has 4 heteroatoms. The molecule has 21 heavy (non-hydrogen) atoms. The van der Waals surface area contributed by atoms with Gasteiger partial charge in [-0.1, -0.05) is 18.2 Å². The first-order valence-electron chi connectivity index (χ1n) is 6.99. The van der Waals surface area contributed by atoms with Crippen molar-refractivity contribution in [3.05, 3.63) is 47.3 Å². The highest BCUT2D eigenvalue weighted by molar-refractivity contribution is 7.17. The standard InChI is InChI=1S/C17H15NO2S/c19-15-8-11(7-12-9-18-5-6-20-17(12)15)14-10-21-16-4-2-1-3-13(14)16/h1-4,7-8,10,18-19H,5-6,9H2. The molecule has 1 aromatic heterocycles. The smallest absolute Gasteiger partial charge is 0.165 e. The van der Waals surface area contributed by atoms with E-state index < -0.39 is 0 Å². The van der Waals surface area contributed by atoms with E-state index in [1.165, 1.54) is 10.1 Å². The molecule has 2 heterocycles. The zero-order chi connectivity index (χ0) is 14.2. The van der Waals surface area contributed by atoms with E-state index in [0.717, 1.165) is 29.8 Å². The molecule has 1 aliphatic rings. The number of phenols is 1. The first-order chi connectivity index (χ1) is 10.3. The Kier molecular flexibility index (Phi) is 3.05. The second-order valence-corrected chi connectivity index (χ2v) is 6.07. The van der Waals surface area contributed by atoms with Gasteiger partial charge >= 0.3 is 0 Å². The predicted molar refractivity (Wildman–Crippen MR) is 86.1 cm³/mol. The van der Waals surface area contributed by atoms with Crippen LogP contribution in [0, 0.1) is 0 Å². The van der Waals surface area contributed by atoms with E-state index in [1.54, 1.807) is 17.4 Å². The lowest BCUT2D eigenvalue weighted by atomic mass is 10.0. The lowest BCUT2D eigenvalue weighted by Crippen LogP contribution is -2.16. The number of nitrogens with one attached hydrogen (secondary N) is 1. The average molecular weight is 297 g/mol. The van der Waals surface area contributed by atoms with Crippen molar-refractivity contribution in [3.8, 4) is 22.6 Å². The molecule has 1 aliphatic heterocycles. The summed E-state index contributed by atoms with van der Waals surface area (Å²) in [6.45, 7) is 2.10. The number of ether oxygens (including phenoxy) is 1. The third-order valence-corrected chi connectivity index (χ3v) is 4.74. The van der Waals surface area contributed by atoms with Gasteiger partial charge in [0.05, 0.1) is 0 Å². The van der Waals surface area contributed by atoms with Crippen LogP contribution in [0.2, 0.25) is 0 Å². The highest BCUT2D eigenvalue weighted by Crippen LogP contribution is 2.40. The lowest BCUT2D eigenvalue weighted by Gasteiger charge is -2.11. The summed E-state index contributed by atoms with van der Waals surface area (Å²) in [5.41, 5.74) is 3.21. The minimum atomic E-state index is 0.224. The fourth-order valence-corrected chi connectivity index (χ4v) is 3.75. The van der Waals surface area contributed by atoms with Gasteiger partial charge in [-0.3, -0.25) is 0 Å². The summed E-state index contributed by atoms with van der Waals surface area (Å²) in [7, 11) is 0. The largest absolute Gasteiger partial charge is 0.504 e. The maximum absolute atomic E-state index is 10.3. The molecule has 0 saturated heterocycles. The Morgan fingerprint density at radius 2 is 2.10 bits per heavy atom. The van der Waals surface area contributed by atoms with Gasteiger partial charge in [-0.2, -0.15) is 0 Å².